The highest BCUT2D eigenvalue weighted by molar-refractivity contribution is 7.92. The van der Waals surface area contributed by atoms with Crippen LogP contribution in [0, 0.1) is 0 Å². The molecule has 2 N–H and O–H groups in total. The summed E-state index contributed by atoms with van der Waals surface area (Å²) >= 11 is 0. The SMILES string of the molecule is CC(Nc1ccccc1NS(C)(=O)=O)c1ccccc1. The van der Waals surface area contributed by atoms with Crippen molar-refractivity contribution in [2.75, 3.05) is 16.3 Å². The molecule has 2 aromatic rings. The van der Waals surface area contributed by atoms with Crippen molar-refractivity contribution in [2.45, 2.75) is 13.0 Å². The van der Waals surface area contributed by atoms with E-state index in [0.29, 0.717) is 5.69 Å². The van der Waals surface area contributed by atoms with Gasteiger partial charge in [-0.15, -0.1) is 0 Å². The van der Waals surface area contributed by atoms with E-state index in [-0.39, 0.29) is 6.04 Å². The Morgan fingerprint density at radius 1 is 0.900 bits per heavy atom. The molecule has 2 rings (SSSR count). The Balaban J connectivity index is 2.21. The van der Waals surface area contributed by atoms with Crippen molar-refractivity contribution in [3.05, 3.63) is 60.2 Å². The first-order valence-corrected chi connectivity index (χ1v) is 8.23. The second kappa shape index (κ2) is 5.96. The summed E-state index contributed by atoms with van der Waals surface area (Å²) in [6, 6.07) is 17.3. The van der Waals surface area contributed by atoms with Gasteiger partial charge in [0.2, 0.25) is 10.0 Å². The van der Waals surface area contributed by atoms with Gasteiger partial charge < -0.3 is 5.32 Å². The molecule has 0 saturated carbocycles. The molecule has 1 unspecified atom stereocenters. The van der Waals surface area contributed by atoms with Gasteiger partial charge in [-0.05, 0) is 24.6 Å². The fourth-order valence-electron chi connectivity index (χ4n) is 1.96. The summed E-state index contributed by atoms with van der Waals surface area (Å²) < 4.78 is 25.3. The summed E-state index contributed by atoms with van der Waals surface area (Å²) in [6.07, 6.45) is 1.14. The van der Waals surface area contributed by atoms with E-state index in [9.17, 15) is 8.42 Å². The minimum absolute atomic E-state index is 0.0821. The zero-order valence-corrected chi connectivity index (χ0v) is 12.3. The highest BCUT2D eigenvalue weighted by Gasteiger charge is 2.10. The van der Waals surface area contributed by atoms with E-state index >= 15 is 0 Å². The molecular formula is C15H18N2O2S. The molecular weight excluding hydrogens is 272 g/mol. The zero-order chi connectivity index (χ0) is 14.6. The van der Waals surface area contributed by atoms with Crippen LogP contribution in [0.5, 0.6) is 0 Å². The van der Waals surface area contributed by atoms with Gasteiger partial charge in [0.15, 0.2) is 0 Å². The number of nitrogens with one attached hydrogen (secondary N) is 2. The second-order valence-electron chi connectivity index (χ2n) is 4.70. The number of anilines is 2. The molecule has 4 nitrogen and oxygen atoms in total. The summed E-state index contributed by atoms with van der Waals surface area (Å²) in [5.74, 6) is 0. The van der Waals surface area contributed by atoms with Crippen molar-refractivity contribution >= 4 is 21.4 Å². The number of rotatable bonds is 5. The molecule has 0 aliphatic rings. The van der Waals surface area contributed by atoms with Crippen molar-refractivity contribution in [1.29, 1.82) is 0 Å². The van der Waals surface area contributed by atoms with Crippen LogP contribution in [-0.4, -0.2) is 14.7 Å². The summed E-state index contributed by atoms with van der Waals surface area (Å²) in [4.78, 5) is 0. The summed E-state index contributed by atoms with van der Waals surface area (Å²) in [7, 11) is -3.29. The number of para-hydroxylation sites is 2. The van der Waals surface area contributed by atoms with Gasteiger partial charge in [0, 0.05) is 6.04 Å². The first-order valence-electron chi connectivity index (χ1n) is 6.34. The molecule has 0 fully saturated rings. The molecule has 0 saturated heterocycles. The third-order valence-corrected chi connectivity index (χ3v) is 3.48. The van der Waals surface area contributed by atoms with E-state index in [4.69, 9.17) is 0 Å². The fourth-order valence-corrected chi connectivity index (χ4v) is 2.53. The lowest BCUT2D eigenvalue weighted by atomic mass is 10.1. The Labute approximate surface area is 119 Å². The number of sulfonamides is 1. The molecule has 2 aromatic carbocycles. The van der Waals surface area contributed by atoms with Crippen LogP contribution in [0.1, 0.15) is 18.5 Å². The highest BCUT2D eigenvalue weighted by atomic mass is 32.2. The Morgan fingerprint density at radius 3 is 2.05 bits per heavy atom. The fraction of sp³-hybridized carbons (Fsp3) is 0.200. The summed E-state index contributed by atoms with van der Waals surface area (Å²) in [5.41, 5.74) is 2.45. The Bertz CT molecular complexity index is 669. The lowest BCUT2D eigenvalue weighted by Gasteiger charge is -2.18. The van der Waals surface area contributed by atoms with Crippen LogP contribution in [0.25, 0.3) is 0 Å². The topological polar surface area (TPSA) is 58.2 Å². The van der Waals surface area contributed by atoms with Crippen molar-refractivity contribution in [3.63, 3.8) is 0 Å². The number of hydrogen-bond acceptors (Lipinski definition) is 3. The standard InChI is InChI=1S/C15H18N2O2S/c1-12(13-8-4-3-5-9-13)16-14-10-6-7-11-15(14)17-20(2,18)19/h3-12,16-17H,1-2H3. The minimum atomic E-state index is -3.29. The zero-order valence-electron chi connectivity index (χ0n) is 11.5. The summed E-state index contributed by atoms with van der Waals surface area (Å²) in [5, 5.41) is 3.32. The Morgan fingerprint density at radius 2 is 1.45 bits per heavy atom. The first-order chi connectivity index (χ1) is 9.46. The quantitative estimate of drug-likeness (QED) is 0.889. The van der Waals surface area contributed by atoms with Crippen LogP contribution in [0.3, 0.4) is 0 Å². The van der Waals surface area contributed by atoms with Gasteiger partial charge in [0.1, 0.15) is 0 Å². The van der Waals surface area contributed by atoms with Crippen LogP contribution < -0.4 is 10.0 Å². The molecule has 0 spiro atoms. The van der Waals surface area contributed by atoms with Gasteiger partial charge in [-0.2, -0.15) is 0 Å². The lowest BCUT2D eigenvalue weighted by molar-refractivity contribution is 0.607. The minimum Gasteiger partial charge on any atom is -0.377 e. The van der Waals surface area contributed by atoms with E-state index in [1.807, 2.05) is 49.4 Å². The van der Waals surface area contributed by atoms with Crippen molar-refractivity contribution in [2.24, 2.45) is 0 Å². The lowest BCUT2D eigenvalue weighted by Crippen LogP contribution is -2.13. The maximum atomic E-state index is 11.4. The molecule has 0 bridgehead atoms. The molecule has 0 amide bonds. The average molecular weight is 290 g/mol. The van der Waals surface area contributed by atoms with Gasteiger partial charge in [-0.1, -0.05) is 42.5 Å². The van der Waals surface area contributed by atoms with Gasteiger partial charge >= 0.3 is 0 Å². The molecule has 106 valence electrons. The van der Waals surface area contributed by atoms with E-state index in [2.05, 4.69) is 10.0 Å². The van der Waals surface area contributed by atoms with Crippen LogP contribution in [0.4, 0.5) is 11.4 Å². The maximum absolute atomic E-state index is 11.4. The molecule has 0 aromatic heterocycles. The van der Waals surface area contributed by atoms with Crippen LogP contribution in [0.2, 0.25) is 0 Å². The third kappa shape index (κ3) is 3.99. The highest BCUT2D eigenvalue weighted by Crippen LogP contribution is 2.26. The van der Waals surface area contributed by atoms with Crippen LogP contribution in [0.15, 0.2) is 54.6 Å². The second-order valence-corrected chi connectivity index (χ2v) is 6.44. The van der Waals surface area contributed by atoms with Crippen molar-refractivity contribution in [1.82, 2.24) is 0 Å². The number of benzene rings is 2. The molecule has 0 aliphatic carbocycles. The van der Waals surface area contributed by atoms with Crippen LogP contribution in [-0.2, 0) is 10.0 Å². The van der Waals surface area contributed by atoms with Gasteiger partial charge in [0.05, 0.1) is 17.6 Å². The molecule has 0 heterocycles. The Hall–Kier alpha value is -2.01. The number of hydrogen-bond donors (Lipinski definition) is 2. The Kier molecular flexibility index (Phi) is 4.29. The average Bonchev–Trinajstić information content (AvgIpc) is 2.40. The third-order valence-electron chi connectivity index (χ3n) is 2.89. The maximum Gasteiger partial charge on any atom is 0.229 e. The first kappa shape index (κ1) is 14.4. The van der Waals surface area contributed by atoms with E-state index in [0.717, 1.165) is 17.5 Å². The van der Waals surface area contributed by atoms with Gasteiger partial charge in [-0.3, -0.25) is 4.72 Å². The van der Waals surface area contributed by atoms with Crippen LogP contribution >= 0.6 is 0 Å². The molecule has 5 heteroatoms. The molecule has 0 radical (unpaired) electrons. The monoisotopic (exact) mass is 290 g/mol. The van der Waals surface area contributed by atoms with Crippen molar-refractivity contribution < 1.29 is 8.42 Å². The normalized spacial score (nSPS) is 12.7. The predicted molar refractivity (Wildman–Crippen MR) is 83.4 cm³/mol. The van der Waals surface area contributed by atoms with Gasteiger partial charge in [0.25, 0.3) is 0 Å². The van der Waals surface area contributed by atoms with E-state index in [1.165, 1.54) is 0 Å². The smallest absolute Gasteiger partial charge is 0.229 e. The van der Waals surface area contributed by atoms with E-state index < -0.39 is 10.0 Å². The van der Waals surface area contributed by atoms with E-state index in [1.54, 1.807) is 12.1 Å². The molecule has 0 aliphatic heterocycles. The van der Waals surface area contributed by atoms with Gasteiger partial charge in [-0.25, -0.2) is 8.42 Å². The largest absolute Gasteiger partial charge is 0.377 e. The predicted octanol–water partition coefficient (Wildman–Crippen LogP) is 3.23. The summed E-state index contributed by atoms with van der Waals surface area (Å²) in [6.45, 7) is 2.03. The molecule has 20 heavy (non-hydrogen) atoms. The van der Waals surface area contributed by atoms with Crippen molar-refractivity contribution in [3.8, 4) is 0 Å². The molecule has 1 atom stereocenters.